The SMILES string of the molecule is C/C(=N/NC(=S)NC[C@@H]1CCCO1)c1ccc2c(c1)CCC2. The fourth-order valence-corrected chi connectivity index (χ4v) is 3.18. The van der Waals surface area contributed by atoms with Crippen LogP contribution in [0.15, 0.2) is 23.3 Å². The van der Waals surface area contributed by atoms with Crippen molar-refractivity contribution >= 4 is 23.0 Å². The molecule has 1 aliphatic heterocycles. The Morgan fingerprint density at radius 3 is 3.00 bits per heavy atom. The molecule has 0 spiro atoms. The van der Waals surface area contributed by atoms with Gasteiger partial charge in [0.05, 0.1) is 11.8 Å². The second-order valence-corrected chi connectivity index (χ2v) is 6.40. The third-order valence-corrected chi connectivity index (χ3v) is 4.59. The van der Waals surface area contributed by atoms with Crippen LogP contribution < -0.4 is 10.7 Å². The summed E-state index contributed by atoms with van der Waals surface area (Å²) in [4.78, 5) is 0. The molecule has 1 aromatic carbocycles. The first kappa shape index (κ1) is 15.4. The fourth-order valence-electron chi connectivity index (χ4n) is 3.05. The quantitative estimate of drug-likeness (QED) is 0.509. The molecule has 1 atom stereocenters. The van der Waals surface area contributed by atoms with E-state index < -0.39 is 0 Å². The summed E-state index contributed by atoms with van der Waals surface area (Å²) in [6.07, 6.45) is 6.19. The zero-order valence-electron chi connectivity index (χ0n) is 13.0. The minimum atomic E-state index is 0.279. The van der Waals surface area contributed by atoms with Crippen molar-refractivity contribution in [2.75, 3.05) is 13.2 Å². The summed E-state index contributed by atoms with van der Waals surface area (Å²) in [5.41, 5.74) is 7.99. The molecule has 1 fully saturated rings. The lowest BCUT2D eigenvalue weighted by atomic mass is 10.0. The second kappa shape index (κ2) is 7.20. The molecule has 118 valence electrons. The number of nitrogens with one attached hydrogen (secondary N) is 2. The van der Waals surface area contributed by atoms with E-state index in [1.165, 1.54) is 30.4 Å². The molecule has 1 heterocycles. The van der Waals surface area contributed by atoms with Gasteiger partial charge in [-0.15, -0.1) is 0 Å². The van der Waals surface area contributed by atoms with E-state index >= 15 is 0 Å². The third kappa shape index (κ3) is 3.84. The van der Waals surface area contributed by atoms with E-state index in [1.807, 2.05) is 6.92 Å². The standard InChI is InChI=1S/C17H23N3OS/c1-12(14-8-7-13-4-2-5-15(13)10-14)19-20-17(22)18-11-16-6-3-9-21-16/h7-8,10,16H,2-6,9,11H2,1H3,(H2,18,20,22)/b19-12-/t16-/m0/s1. The van der Waals surface area contributed by atoms with E-state index in [9.17, 15) is 0 Å². The molecule has 0 unspecified atom stereocenters. The minimum absolute atomic E-state index is 0.279. The van der Waals surface area contributed by atoms with Gasteiger partial charge >= 0.3 is 0 Å². The van der Waals surface area contributed by atoms with E-state index in [1.54, 1.807) is 0 Å². The molecule has 0 saturated carbocycles. The number of hydrazone groups is 1. The Labute approximate surface area is 137 Å². The molecule has 0 aromatic heterocycles. The monoisotopic (exact) mass is 317 g/mol. The molecule has 2 N–H and O–H groups in total. The average molecular weight is 317 g/mol. The highest BCUT2D eigenvalue weighted by Crippen LogP contribution is 2.23. The first-order valence-electron chi connectivity index (χ1n) is 8.04. The second-order valence-electron chi connectivity index (χ2n) is 5.99. The highest BCUT2D eigenvalue weighted by molar-refractivity contribution is 7.80. The van der Waals surface area contributed by atoms with Gasteiger partial charge in [-0.25, -0.2) is 0 Å². The van der Waals surface area contributed by atoms with Crippen molar-refractivity contribution in [3.63, 3.8) is 0 Å². The molecular formula is C17H23N3OS. The summed E-state index contributed by atoms with van der Waals surface area (Å²) in [6.45, 7) is 3.62. The summed E-state index contributed by atoms with van der Waals surface area (Å²) in [6, 6.07) is 6.63. The van der Waals surface area contributed by atoms with Crippen molar-refractivity contribution in [1.29, 1.82) is 0 Å². The number of fused-ring (bicyclic) bond motifs is 1. The van der Waals surface area contributed by atoms with Gasteiger partial charge in [-0.3, -0.25) is 5.43 Å². The van der Waals surface area contributed by atoms with Gasteiger partial charge in [0.15, 0.2) is 5.11 Å². The number of rotatable bonds is 4. The van der Waals surface area contributed by atoms with E-state index in [4.69, 9.17) is 17.0 Å². The number of thiocarbonyl (C=S) groups is 1. The molecule has 22 heavy (non-hydrogen) atoms. The fraction of sp³-hybridized carbons (Fsp3) is 0.529. The van der Waals surface area contributed by atoms with Gasteiger partial charge in [0.1, 0.15) is 0 Å². The van der Waals surface area contributed by atoms with Gasteiger partial charge < -0.3 is 10.1 Å². The maximum absolute atomic E-state index is 5.56. The van der Waals surface area contributed by atoms with E-state index in [0.717, 1.165) is 37.3 Å². The van der Waals surface area contributed by atoms with Crippen molar-refractivity contribution in [2.45, 2.75) is 45.1 Å². The Balaban J connectivity index is 1.51. The van der Waals surface area contributed by atoms with Gasteiger partial charge in [-0.1, -0.05) is 12.1 Å². The molecule has 3 rings (SSSR count). The van der Waals surface area contributed by atoms with Gasteiger partial charge in [0.2, 0.25) is 0 Å². The van der Waals surface area contributed by atoms with Crippen LogP contribution in [0, 0.1) is 0 Å². The minimum Gasteiger partial charge on any atom is -0.376 e. The molecule has 2 aliphatic rings. The summed E-state index contributed by atoms with van der Waals surface area (Å²) in [5, 5.41) is 8.10. The summed E-state index contributed by atoms with van der Waals surface area (Å²) >= 11 is 5.25. The van der Waals surface area contributed by atoms with Gasteiger partial charge in [0, 0.05) is 13.2 Å². The molecule has 0 bridgehead atoms. The Morgan fingerprint density at radius 1 is 1.32 bits per heavy atom. The highest BCUT2D eigenvalue weighted by atomic mass is 32.1. The van der Waals surface area contributed by atoms with Crippen LogP contribution in [0.1, 0.15) is 42.9 Å². The Kier molecular flexibility index (Phi) is 5.05. The molecule has 0 radical (unpaired) electrons. The van der Waals surface area contributed by atoms with Crippen LogP contribution in [-0.2, 0) is 17.6 Å². The zero-order chi connectivity index (χ0) is 15.4. The van der Waals surface area contributed by atoms with Crippen molar-refractivity contribution in [1.82, 2.24) is 10.7 Å². The van der Waals surface area contributed by atoms with Gasteiger partial charge in [0.25, 0.3) is 0 Å². The lowest BCUT2D eigenvalue weighted by molar-refractivity contribution is 0.114. The van der Waals surface area contributed by atoms with Crippen molar-refractivity contribution in [2.24, 2.45) is 5.10 Å². The predicted octanol–water partition coefficient (Wildman–Crippen LogP) is 2.54. The van der Waals surface area contributed by atoms with Gasteiger partial charge in [-0.2, -0.15) is 5.10 Å². The molecule has 4 nitrogen and oxygen atoms in total. The lowest BCUT2D eigenvalue weighted by Gasteiger charge is -2.12. The van der Waals surface area contributed by atoms with E-state index in [0.29, 0.717) is 5.11 Å². The van der Waals surface area contributed by atoms with Crippen LogP contribution in [0.25, 0.3) is 0 Å². The lowest BCUT2D eigenvalue weighted by Crippen LogP contribution is -2.37. The van der Waals surface area contributed by atoms with Crippen LogP contribution in [0.3, 0.4) is 0 Å². The number of benzene rings is 1. The largest absolute Gasteiger partial charge is 0.376 e. The Bertz CT molecular complexity index is 579. The summed E-state index contributed by atoms with van der Waals surface area (Å²) < 4.78 is 5.56. The number of nitrogens with zero attached hydrogens (tertiary/aromatic N) is 1. The van der Waals surface area contributed by atoms with E-state index in [2.05, 4.69) is 34.0 Å². The highest BCUT2D eigenvalue weighted by Gasteiger charge is 2.15. The molecule has 0 amide bonds. The topological polar surface area (TPSA) is 45.7 Å². The number of hydrogen-bond donors (Lipinski definition) is 2. The first-order valence-corrected chi connectivity index (χ1v) is 8.45. The summed E-state index contributed by atoms with van der Waals surface area (Å²) in [7, 11) is 0. The van der Waals surface area contributed by atoms with Crippen LogP contribution in [0.4, 0.5) is 0 Å². The van der Waals surface area contributed by atoms with Crippen LogP contribution in [-0.4, -0.2) is 30.1 Å². The van der Waals surface area contributed by atoms with Crippen LogP contribution in [0.5, 0.6) is 0 Å². The van der Waals surface area contributed by atoms with Gasteiger partial charge in [-0.05, 0) is 74.0 Å². The first-order chi connectivity index (χ1) is 10.7. The molecule has 5 heteroatoms. The van der Waals surface area contributed by atoms with E-state index in [-0.39, 0.29) is 6.10 Å². The van der Waals surface area contributed by atoms with Crippen molar-refractivity contribution < 1.29 is 4.74 Å². The third-order valence-electron chi connectivity index (χ3n) is 4.36. The predicted molar refractivity (Wildman–Crippen MR) is 93.4 cm³/mol. The molecular weight excluding hydrogens is 294 g/mol. The zero-order valence-corrected chi connectivity index (χ0v) is 13.8. The van der Waals surface area contributed by atoms with Crippen LogP contribution >= 0.6 is 12.2 Å². The number of aryl methyl sites for hydroxylation is 2. The normalized spacial score (nSPS) is 20.8. The summed E-state index contributed by atoms with van der Waals surface area (Å²) in [5.74, 6) is 0. The van der Waals surface area contributed by atoms with Crippen LogP contribution in [0.2, 0.25) is 0 Å². The average Bonchev–Trinajstić information content (AvgIpc) is 3.20. The van der Waals surface area contributed by atoms with Crippen molar-refractivity contribution in [3.05, 3.63) is 34.9 Å². The Morgan fingerprint density at radius 2 is 2.18 bits per heavy atom. The smallest absolute Gasteiger partial charge is 0.187 e. The molecule has 1 saturated heterocycles. The van der Waals surface area contributed by atoms with Crippen molar-refractivity contribution in [3.8, 4) is 0 Å². The number of ether oxygens (including phenoxy) is 1. The maximum atomic E-state index is 5.56. The molecule has 1 aromatic rings. The Hall–Kier alpha value is -1.46. The number of hydrogen-bond acceptors (Lipinski definition) is 3. The maximum Gasteiger partial charge on any atom is 0.187 e. The molecule has 1 aliphatic carbocycles.